The van der Waals surface area contributed by atoms with Crippen LogP contribution in [0, 0.1) is 5.92 Å². The Kier molecular flexibility index (Phi) is 5.21. The van der Waals surface area contributed by atoms with Crippen LogP contribution in [0.4, 0.5) is 0 Å². The molecule has 5 heteroatoms. The fourth-order valence-corrected chi connectivity index (χ4v) is 0.907. The number of methoxy groups -OCH3 is 2. The van der Waals surface area contributed by atoms with Crippen molar-refractivity contribution in [3.8, 4) is 0 Å². The Morgan fingerprint density at radius 1 is 1.14 bits per heavy atom. The average molecular weight is 200 g/mol. The zero-order valence-corrected chi connectivity index (χ0v) is 8.27. The second-order valence-electron chi connectivity index (χ2n) is 2.53. The van der Waals surface area contributed by atoms with Crippen LogP contribution in [0.1, 0.15) is 6.92 Å². The first-order chi connectivity index (χ1) is 6.58. The molecule has 0 aromatic heterocycles. The summed E-state index contributed by atoms with van der Waals surface area (Å²) in [5, 5.41) is 0. The van der Waals surface area contributed by atoms with Crippen LogP contribution in [0.3, 0.4) is 0 Å². The molecule has 0 amide bonds. The van der Waals surface area contributed by atoms with Gasteiger partial charge in [0.25, 0.3) is 0 Å². The maximum atomic E-state index is 11.1. The van der Waals surface area contributed by atoms with Crippen molar-refractivity contribution in [2.45, 2.75) is 6.92 Å². The predicted molar refractivity (Wildman–Crippen MR) is 47.3 cm³/mol. The predicted octanol–water partition coefficient (Wildman–Crippen LogP) is 0.0938. The van der Waals surface area contributed by atoms with E-state index >= 15 is 0 Å². The van der Waals surface area contributed by atoms with E-state index in [4.69, 9.17) is 0 Å². The number of carbonyl (C=O) groups excluding carboxylic acids is 3. The van der Waals surface area contributed by atoms with Crippen molar-refractivity contribution < 1.29 is 23.9 Å². The number of rotatable bonds is 4. The first kappa shape index (κ1) is 12.3. The Labute approximate surface area is 81.7 Å². The topological polar surface area (TPSA) is 69.7 Å². The largest absolute Gasteiger partial charge is 0.468 e. The zero-order chi connectivity index (χ0) is 11.1. The van der Waals surface area contributed by atoms with Crippen molar-refractivity contribution in [2.24, 2.45) is 5.92 Å². The number of ether oxygens (including phenoxy) is 2. The van der Waals surface area contributed by atoms with Gasteiger partial charge < -0.3 is 9.47 Å². The summed E-state index contributed by atoms with van der Waals surface area (Å²) in [6.45, 7) is 1.48. The van der Waals surface area contributed by atoms with Gasteiger partial charge in [-0.25, -0.2) is 0 Å². The molecule has 0 heterocycles. The third kappa shape index (κ3) is 3.01. The van der Waals surface area contributed by atoms with Gasteiger partial charge in [-0.3, -0.25) is 14.4 Å². The van der Waals surface area contributed by atoms with Gasteiger partial charge in [-0.1, -0.05) is 0 Å². The molecule has 0 saturated heterocycles. The molecule has 78 valence electrons. The first-order valence-electron chi connectivity index (χ1n) is 3.86. The fourth-order valence-electron chi connectivity index (χ4n) is 0.907. The number of allylic oxidation sites excluding steroid dienone is 1. The molecule has 0 spiro atoms. The minimum Gasteiger partial charge on any atom is -0.468 e. The van der Waals surface area contributed by atoms with Crippen LogP contribution in [0.2, 0.25) is 0 Å². The maximum Gasteiger partial charge on any atom is 0.324 e. The van der Waals surface area contributed by atoms with Crippen molar-refractivity contribution in [2.75, 3.05) is 14.2 Å². The molecule has 5 nitrogen and oxygen atoms in total. The van der Waals surface area contributed by atoms with Gasteiger partial charge in [0.05, 0.1) is 14.2 Å². The lowest BCUT2D eigenvalue weighted by Crippen LogP contribution is -2.27. The van der Waals surface area contributed by atoms with Gasteiger partial charge in [0.2, 0.25) is 0 Å². The van der Waals surface area contributed by atoms with Crippen molar-refractivity contribution in [3.63, 3.8) is 0 Å². The molecule has 0 rings (SSSR count). The van der Waals surface area contributed by atoms with E-state index in [1.54, 1.807) is 0 Å². The molecule has 0 saturated carbocycles. The summed E-state index contributed by atoms with van der Waals surface area (Å²) in [6.07, 6.45) is 1.62. The lowest BCUT2D eigenvalue weighted by molar-refractivity contribution is -0.156. The highest BCUT2D eigenvalue weighted by atomic mass is 16.5. The third-order valence-corrected chi connectivity index (χ3v) is 1.66. The van der Waals surface area contributed by atoms with Gasteiger partial charge in [0, 0.05) is 0 Å². The van der Waals surface area contributed by atoms with Gasteiger partial charge in [0.15, 0.2) is 5.92 Å². The third-order valence-electron chi connectivity index (χ3n) is 1.66. The average Bonchev–Trinajstić information content (AvgIpc) is 2.17. The Morgan fingerprint density at radius 2 is 1.57 bits per heavy atom. The maximum absolute atomic E-state index is 11.1. The normalized spacial score (nSPS) is 11.0. The molecule has 0 atom stereocenters. The smallest absolute Gasteiger partial charge is 0.324 e. The van der Waals surface area contributed by atoms with Gasteiger partial charge >= 0.3 is 11.9 Å². The first-order valence-corrected chi connectivity index (χ1v) is 3.86. The molecule has 14 heavy (non-hydrogen) atoms. The Bertz CT molecular complexity index is 250. The Hall–Kier alpha value is -1.65. The van der Waals surface area contributed by atoms with Crippen molar-refractivity contribution >= 4 is 18.2 Å². The molecule has 0 aromatic rings. The highest BCUT2D eigenvalue weighted by Gasteiger charge is 2.29. The van der Waals surface area contributed by atoms with Crippen LogP contribution in [0.25, 0.3) is 0 Å². The number of hydrogen-bond acceptors (Lipinski definition) is 5. The number of carbonyl (C=O) groups is 3. The molecule has 0 fully saturated rings. The van der Waals surface area contributed by atoms with Crippen molar-refractivity contribution in [3.05, 3.63) is 11.6 Å². The van der Waals surface area contributed by atoms with Crippen LogP contribution >= 0.6 is 0 Å². The zero-order valence-electron chi connectivity index (χ0n) is 8.27. The van der Waals surface area contributed by atoms with Crippen LogP contribution in [-0.4, -0.2) is 32.4 Å². The molecule has 0 radical (unpaired) electrons. The summed E-state index contributed by atoms with van der Waals surface area (Å²) in [5.74, 6) is -2.64. The lowest BCUT2D eigenvalue weighted by atomic mass is 10.0. The number of aldehydes is 1. The molecule has 0 bridgehead atoms. The van der Waals surface area contributed by atoms with Gasteiger partial charge in [-0.05, 0) is 18.6 Å². The standard InChI is InChI=1S/C9H12O5/c1-6(4-5-10)7(8(11)13-2)9(12)14-3/h4-5,7H,1-3H3/b6-4-. The summed E-state index contributed by atoms with van der Waals surface area (Å²) >= 11 is 0. The highest BCUT2D eigenvalue weighted by molar-refractivity contribution is 5.98. The summed E-state index contributed by atoms with van der Waals surface area (Å²) in [6, 6.07) is 0. The second kappa shape index (κ2) is 5.90. The molecular weight excluding hydrogens is 188 g/mol. The monoisotopic (exact) mass is 200 g/mol. The van der Waals surface area contributed by atoms with E-state index in [-0.39, 0.29) is 0 Å². The second-order valence-corrected chi connectivity index (χ2v) is 2.53. The number of esters is 2. The van der Waals surface area contributed by atoms with Crippen LogP contribution in [0.5, 0.6) is 0 Å². The molecule has 0 unspecified atom stereocenters. The van der Waals surface area contributed by atoms with Crippen LogP contribution in [-0.2, 0) is 23.9 Å². The van der Waals surface area contributed by atoms with E-state index < -0.39 is 17.9 Å². The Balaban J connectivity index is 4.90. The molecule has 0 aliphatic carbocycles. The van der Waals surface area contributed by atoms with E-state index in [2.05, 4.69) is 9.47 Å². The van der Waals surface area contributed by atoms with E-state index in [9.17, 15) is 14.4 Å². The van der Waals surface area contributed by atoms with Gasteiger partial charge in [0.1, 0.15) is 6.29 Å². The van der Waals surface area contributed by atoms with Gasteiger partial charge in [-0.2, -0.15) is 0 Å². The van der Waals surface area contributed by atoms with Crippen LogP contribution in [0.15, 0.2) is 11.6 Å². The van der Waals surface area contributed by atoms with Crippen molar-refractivity contribution in [1.82, 2.24) is 0 Å². The van der Waals surface area contributed by atoms with E-state index in [0.717, 1.165) is 20.3 Å². The lowest BCUT2D eigenvalue weighted by Gasteiger charge is -2.11. The Morgan fingerprint density at radius 3 is 1.86 bits per heavy atom. The van der Waals surface area contributed by atoms with E-state index in [1.165, 1.54) is 6.92 Å². The summed E-state index contributed by atoms with van der Waals surface area (Å²) in [7, 11) is 2.32. The molecule has 0 N–H and O–H groups in total. The minimum atomic E-state index is -1.16. The molecule has 0 aliphatic rings. The number of hydrogen-bond donors (Lipinski definition) is 0. The van der Waals surface area contributed by atoms with Crippen LogP contribution < -0.4 is 0 Å². The minimum absolute atomic E-state index is 0.290. The van der Waals surface area contributed by atoms with Crippen molar-refractivity contribution in [1.29, 1.82) is 0 Å². The highest BCUT2D eigenvalue weighted by Crippen LogP contribution is 2.13. The van der Waals surface area contributed by atoms with Gasteiger partial charge in [-0.15, -0.1) is 0 Å². The quantitative estimate of drug-likeness (QED) is 0.278. The molecule has 0 aliphatic heterocycles. The molecular formula is C9H12O5. The fraction of sp³-hybridized carbons (Fsp3) is 0.444. The summed E-state index contributed by atoms with van der Waals surface area (Å²) in [5.41, 5.74) is 0.290. The van der Waals surface area contributed by atoms with E-state index in [1.807, 2.05) is 0 Å². The summed E-state index contributed by atoms with van der Waals surface area (Å²) < 4.78 is 8.81. The molecule has 0 aromatic carbocycles. The van der Waals surface area contributed by atoms with E-state index in [0.29, 0.717) is 11.9 Å². The SMILES string of the molecule is COC(=O)C(C(=O)OC)/C(C)=C\C=O. The summed E-state index contributed by atoms with van der Waals surface area (Å²) in [4.78, 5) is 32.5.